The zero-order valence-corrected chi connectivity index (χ0v) is 18.7. The van der Waals surface area contributed by atoms with Gasteiger partial charge in [-0.2, -0.15) is 5.10 Å². The van der Waals surface area contributed by atoms with Crippen molar-refractivity contribution in [2.45, 2.75) is 19.4 Å². The minimum Gasteiger partial charge on any atom is -0.408 e. The average Bonchev–Trinajstić information content (AvgIpc) is 3.45. The van der Waals surface area contributed by atoms with E-state index in [1.165, 1.54) is 21.3 Å². The standard InChI is InChI=1S/C23H25N7O4/c1-29-17-10-15(2-3-19(17)34-23(29)33)13-25-21(31)16-11-18(30-20(28-16)6-9-27-30)22(32)26-12-14-4-7-24-8-5-14/h2-3,6,9-11,14,24H,4-5,7-8,12-13H2,1H3,(H,25,31)(H,26,32). The normalized spacial score (nSPS) is 14.5. The number of carbonyl (C=O) groups excluding carboxylic acids is 2. The number of aromatic nitrogens is 4. The second-order valence-electron chi connectivity index (χ2n) is 8.44. The van der Waals surface area contributed by atoms with Crippen LogP contribution in [0.4, 0.5) is 0 Å². The van der Waals surface area contributed by atoms with Crippen molar-refractivity contribution in [2.24, 2.45) is 13.0 Å². The SMILES string of the molecule is Cn1c(=O)oc2ccc(CNC(=O)c3cc(C(=O)NCC4CCNCC4)n4nccc4n3)cc21. The van der Waals surface area contributed by atoms with Crippen molar-refractivity contribution in [3.63, 3.8) is 0 Å². The Kier molecular flexibility index (Phi) is 5.84. The third-order valence-corrected chi connectivity index (χ3v) is 6.14. The van der Waals surface area contributed by atoms with Crippen LogP contribution in [0.15, 0.2) is 45.7 Å². The fourth-order valence-electron chi connectivity index (χ4n) is 4.16. The quantitative estimate of drug-likeness (QED) is 0.385. The van der Waals surface area contributed by atoms with Gasteiger partial charge >= 0.3 is 5.76 Å². The van der Waals surface area contributed by atoms with Crippen LogP contribution in [-0.4, -0.2) is 50.6 Å². The summed E-state index contributed by atoms with van der Waals surface area (Å²) in [4.78, 5) is 41.8. The molecule has 1 saturated heterocycles. The van der Waals surface area contributed by atoms with Crippen LogP contribution in [0, 0.1) is 5.92 Å². The molecule has 3 N–H and O–H groups in total. The lowest BCUT2D eigenvalue weighted by atomic mass is 9.98. The molecule has 4 aromatic rings. The smallest absolute Gasteiger partial charge is 0.408 e. The van der Waals surface area contributed by atoms with Crippen molar-refractivity contribution in [2.75, 3.05) is 19.6 Å². The van der Waals surface area contributed by atoms with Crippen LogP contribution >= 0.6 is 0 Å². The Morgan fingerprint density at radius 1 is 1.15 bits per heavy atom. The number of nitrogens with one attached hydrogen (secondary N) is 3. The lowest BCUT2D eigenvalue weighted by Crippen LogP contribution is -2.36. The maximum absolute atomic E-state index is 12.9. The lowest BCUT2D eigenvalue weighted by molar-refractivity contribution is 0.0936. The van der Waals surface area contributed by atoms with Crippen molar-refractivity contribution < 1.29 is 14.0 Å². The summed E-state index contributed by atoms with van der Waals surface area (Å²) in [5.41, 5.74) is 2.71. The van der Waals surface area contributed by atoms with Gasteiger partial charge in [0.15, 0.2) is 11.2 Å². The predicted molar refractivity (Wildman–Crippen MR) is 124 cm³/mol. The monoisotopic (exact) mass is 463 g/mol. The van der Waals surface area contributed by atoms with Crippen molar-refractivity contribution in [1.29, 1.82) is 0 Å². The number of amides is 2. The summed E-state index contributed by atoms with van der Waals surface area (Å²) in [7, 11) is 1.62. The van der Waals surface area contributed by atoms with E-state index < -0.39 is 11.7 Å². The third kappa shape index (κ3) is 4.29. The van der Waals surface area contributed by atoms with Gasteiger partial charge in [-0.15, -0.1) is 0 Å². The summed E-state index contributed by atoms with van der Waals surface area (Å²) < 4.78 is 7.98. The van der Waals surface area contributed by atoms with E-state index in [-0.39, 0.29) is 23.8 Å². The number of hydrogen-bond donors (Lipinski definition) is 3. The molecule has 2 amide bonds. The molecule has 0 saturated carbocycles. The average molecular weight is 463 g/mol. The molecule has 3 aromatic heterocycles. The zero-order chi connectivity index (χ0) is 23.7. The molecule has 0 atom stereocenters. The van der Waals surface area contributed by atoms with E-state index in [0.29, 0.717) is 29.2 Å². The maximum Gasteiger partial charge on any atom is 0.419 e. The Hall–Kier alpha value is -3.99. The van der Waals surface area contributed by atoms with Crippen LogP contribution in [0.5, 0.6) is 0 Å². The maximum atomic E-state index is 12.9. The Balaban J connectivity index is 1.32. The number of nitrogens with zero attached hydrogens (tertiary/aromatic N) is 4. The van der Waals surface area contributed by atoms with E-state index in [2.05, 4.69) is 26.0 Å². The Bertz CT molecular complexity index is 1430. The molecule has 4 heterocycles. The second kappa shape index (κ2) is 9.10. The number of oxazole rings is 1. The summed E-state index contributed by atoms with van der Waals surface area (Å²) in [6.45, 7) is 2.70. The highest BCUT2D eigenvalue weighted by Crippen LogP contribution is 2.15. The van der Waals surface area contributed by atoms with Gasteiger partial charge in [0.1, 0.15) is 11.4 Å². The summed E-state index contributed by atoms with van der Waals surface area (Å²) in [6, 6.07) is 8.36. The fraction of sp³-hybridized carbons (Fsp3) is 0.348. The molecule has 1 aliphatic rings. The van der Waals surface area contributed by atoms with E-state index in [1.54, 1.807) is 31.3 Å². The van der Waals surface area contributed by atoms with Crippen LogP contribution in [0.2, 0.25) is 0 Å². The van der Waals surface area contributed by atoms with Gasteiger partial charge in [0, 0.05) is 32.3 Å². The second-order valence-corrected chi connectivity index (χ2v) is 8.44. The lowest BCUT2D eigenvalue weighted by Gasteiger charge is -2.22. The molecule has 11 nitrogen and oxygen atoms in total. The topological polar surface area (TPSA) is 136 Å². The molecule has 0 unspecified atom stereocenters. The molecule has 5 rings (SSSR count). The molecule has 176 valence electrons. The number of rotatable bonds is 6. The summed E-state index contributed by atoms with van der Waals surface area (Å²) in [5.74, 6) is -0.734. The molecular formula is C23H25N7O4. The first-order valence-electron chi connectivity index (χ1n) is 11.2. The molecule has 0 bridgehead atoms. The van der Waals surface area contributed by atoms with E-state index in [9.17, 15) is 14.4 Å². The molecule has 0 aliphatic carbocycles. The van der Waals surface area contributed by atoms with Crippen molar-refractivity contribution in [1.82, 2.24) is 35.1 Å². The van der Waals surface area contributed by atoms with Gasteiger partial charge in [-0.3, -0.25) is 14.2 Å². The highest BCUT2D eigenvalue weighted by atomic mass is 16.4. The molecule has 1 fully saturated rings. The number of fused-ring (bicyclic) bond motifs is 2. The van der Waals surface area contributed by atoms with Crippen LogP contribution < -0.4 is 21.7 Å². The molecule has 1 aliphatic heterocycles. The summed E-state index contributed by atoms with van der Waals surface area (Å²) >= 11 is 0. The zero-order valence-electron chi connectivity index (χ0n) is 18.7. The van der Waals surface area contributed by atoms with Gasteiger partial charge in [0.05, 0.1) is 11.7 Å². The number of piperidine rings is 1. The predicted octanol–water partition coefficient (Wildman–Crippen LogP) is 0.834. The number of carbonyl (C=O) groups is 2. The highest BCUT2D eigenvalue weighted by Gasteiger charge is 2.20. The number of hydrogen-bond acceptors (Lipinski definition) is 7. The first-order valence-corrected chi connectivity index (χ1v) is 11.2. The molecular weight excluding hydrogens is 438 g/mol. The van der Waals surface area contributed by atoms with Crippen molar-refractivity contribution >= 4 is 28.6 Å². The first kappa shape index (κ1) is 21.8. The van der Waals surface area contributed by atoms with Crippen molar-refractivity contribution in [3.05, 3.63) is 64.0 Å². The minimum absolute atomic E-state index is 0.122. The van der Waals surface area contributed by atoms with E-state index in [0.717, 1.165) is 31.5 Å². The molecule has 11 heteroatoms. The number of aryl methyl sites for hydroxylation is 1. The van der Waals surface area contributed by atoms with Crippen LogP contribution in [0.3, 0.4) is 0 Å². The van der Waals surface area contributed by atoms with Gasteiger partial charge in [0.25, 0.3) is 11.8 Å². The van der Waals surface area contributed by atoms with Gasteiger partial charge in [-0.25, -0.2) is 14.3 Å². The van der Waals surface area contributed by atoms with Crippen LogP contribution in [0.25, 0.3) is 16.7 Å². The third-order valence-electron chi connectivity index (χ3n) is 6.14. The molecule has 0 spiro atoms. The largest absolute Gasteiger partial charge is 0.419 e. The highest BCUT2D eigenvalue weighted by molar-refractivity contribution is 5.98. The van der Waals surface area contributed by atoms with E-state index in [4.69, 9.17) is 4.42 Å². The van der Waals surface area contributed by atoms with E-state index in [1.807, 2.05) is 0 Å². The Morgan fingerprint density at radius 2 is 1.97 bits per heavy atom. The molecule has 34 heavy (non-hydrogen) atoms. The Labute approximate surface area is 194 Å². The van der Waals surface area contributed by atoms with Gasteiger partial charge < -0.3 is 20.4 Å². The first-order chi connectivity index (χ1) is 16.5. The molecule has 1 aromatic carbocycles. The Morgan fingerprint density at radius 3 is 2.79 bits per heavy atom. The number of benzene rings is 1. The van der Waals surface area contributed by atoms with Crippen LogP contribution in [-0.2, 0) is 13.6 Å². The van der Waals surface area contributed by atoms with E-state index >= 15 is 0 Å². The van der Waals surface area contributed by atoms with Gasteiger partial charge in [-0.1, -0.05) is 6.07 Å². The summed E-state index contributed by atoms with van der Waals surface area (Å²) in [5, 5.41) is 13.3. The minimum atomic E-state index is -0.444. The fourth-order valence-corrected chi connectivity index (χ4v) is 4.16. The molecule has 0 radical (unpaired) electrons. The van der Waals surface area contributed by atoms with Crippen LogP contribution in [0.1, 0.15) is 39.4 Å². The summed E-state index contributed by atoms with van der Waals surface area (Å²) in [6.07, 6.45) is 3.57. The van der Waals surface area contributed by atoms with Crippen molar-refractivity contribution in [3.8, 4) is 0 Å². The van der Waals surface area contributed by atoms with Gasteiger partial charge in [0.2, 0.25) is 0 Å². The van der Waals surface area contributed by atoms with Gasteiger partial charge in [-0.05, 0) is 49.5 Å².